The van der Waals surface area contributed by atoms with Crippen molar-refractivity contribution in [1.29, 1.82) is 0 Å². The molecular formula is C13H16O2. The third-order valence-electron chi connectivity index (χ3n) is 3.29. The topological polar surface area (TPSA) is 37.3 Å². The van der Waals surface area contributed by atoms with Gasteiger partial charge in [0.25, 0.3) is 0 Å². The van der Waals surface area contributed by atoms with Crippen LogP contribution in [-0.2, 0) is 10.2 Å². The maximum atomic E-state index is 10.4. The van der Waals surface area contributed by atoms with Crippen LogP contribution < -0.4 is 0 Å². The van der Waals surface area contributed by atoms with E-state index in [9.17, 15) is 4.79 Å². The molecule has 2 rings (SSSR count). The lowest BCUT2D eigenvalue weighted by molar-refractivity contribution is -0.137. The van der Waals surface area contributed by atoms with E-state index >= 15 is 0 Å². The summed E-state index contributed by atoms with van der Waals surface area (Å²) in [7, 11) is 0. The molecule has 0 radical (unpaired) electrons. The molecule has 1 aromatic carbocycles. The number of aliphatic carboxylic acids is 1. The predicted octanol–water partition coefficient (Wildman–Crippen LogP) is 2.97. The number of hydrogen-bond acceptors (Lipinski definition) is 1. The first-order valence-electron chi connectivity index (χ1n) is 5.50. The second-order valence-corrected chi connectivity index (χ2v) is 4.39. The Hall–Kier alpha value is -1.31. The number of rotatable bonds is 5. The fourth-order valence-electron chi connectivity index (χ4n) is 2.20. The van der Waals surface area contributed by atoms with Crippen molar-refractivity contribution in [2.75, 3.05) is 0 Å². The molecular weight excluding hydrogens is 188 g/mol. The smallest absolute Gasteiger partial charge is 0.303 e. The van der Waals surface area contributed by atoms with Crippen molar-refractivity contribution < 1.29 is 9.90 Å². The van der Waals surface area contributed by atoms with Crippen molar-refractivity contribution in [2.24, 2.45) is 0 Å². The molecule has 1 fully saturated rings. The summed E-state index contributed by atoms with van der Waals surface area (Å²) in [6, 6.07) is 10.5. The molecule has 0 amide bonds. The Labute approximate surface area is 89.9 Å². The van der Waals surface area contributed by atoms with Crippen LogP contribution in [-0.4, -0.2) is 11.1 Å². The molecule has 0 heterocycles. The van der Waals surface area contributed by atoms with E-state index in [0.717, 1.165) is 12.8 Å². The van der Waals surface area contributed by atoms with E-state index in [2.05, 4.69) is 24.3 Å². The van der Waals surface area contributed by atoms with Crippen molar-refractivity contribution in [2.45, 2.75) is 37.5 Å². The number of benzene rings is 1. The SMILES string of the molecule is O=C(O)CCCC1(c2ccccc2)CC1. The van der Waals surface area contributed by atoms with Gasteiger partial charge in [-0.3, -0.25) is 4.79 Å². The molecule has 1 aliphatic rings. The van der Waals surface area contributed by atoms with Gasteiger partial charge in [-0.2, -0.15) is 0 Å². The lowest BCUT2D eigenvalue weighted by Crippen LogP contribution is -2.07. The number of carboxylic acid groups (broad SMARTS) is 1. The van der Waals surface area contributed by atoms with Crippen molar-refractivity contribution in [1.82, 2.24) is 0 Å². The van der Waals surface area contributed by atoms with Gasteiger partial charge in [0.15, 0.2) is 0 Å². The van der Waals surface area contributed by atoms with Crippen LogP contribution in [0, 0.1) is 0 Å². The molecule has 0 aromatic heterocycles. The molecule has 1 aromatic rings. The Morgan fingerprint density at radius 3 is 2.47 bits per heavy atom. The summed E-state index contributed by atoms with van der Waals surface area (Å²) in [5.41, 5.74) is 1.70. The molecule has 2 nitrogen and oxygen atoms in total. The predicted molar refractivity (Wildman–Crippen MR) is 58.8 cm³/mol. The first-order chi connectivity index (χ1) is 7.23. The van der Waals surface area contributed by atoms with E-state index in [-0.39, 0.29) is 0 Å². The van der Waals surface area contributed by atoms with E-state index in [0.29, 0.717) is 11.8 Å². The van der Waals surface area contributed by atoms with Gasteiger partial charge < -0.3 is 5.11 Å². The molecule has 0 unspecified atom stereocenters. The molecule has 1 aliphatic carbocycles. The zero-order valence-electron chi connectivity index (χ0n) is 8.78. The van der Waals surface area contributed by atoms with Gasteiger partial charge in [-0.1, -0.05) is 30.3 Å². The number of carboxylic acids is 1. The maximum Gasteiger partial charge on any atom is 0.303 e. The van der Waals surface area contributed by atoms with Crippen LogP contribution >= 0.6 is 0 Å². The van der Waals surface area contributed by atoms with E-state index in [1.807, 2.05) is 6.07 Å². The molecule has 2 heteroatoms. The molecule has 0 atom stereocenters. The van der Waals surface area contributed by atoms with Gasteiger partial charge in [-0.25, -0.2) is 0 Å². The van der Waals surface area contributed by atoms with E-state index in [4.69, 9.17) is 5.11 Å². The van der Waals surface area contributed by atoms with Gasteiger partial charge in [-0.05, 0) is 36.7 Å². The molecule has 0 saturated heterocycles. The van der Waals surface area contributed by atoms with Crippen LogP contribution in [0.1, 0.15) is 37.7 Å². The Bertz CT molecular complexity index is 339. The normalized spacial score (nSPS) is 17.3. The second-order valence-electron chi connectivity index (χ2n) is 4.39. The van der Waals surface area contributed by atoms with Crippen LogP contribution in [0.2, 0.25) is 0 Å². The fraction of sp³-hybridized carbons (Fsp3) is 0.462. The summed E-state index contributed by atoms with van der Waals surface area (Å²) in [4.78, 5) is 10.4. The summed E-state index contributed by atoms with van der Waals surface area (Å²) in [6.45, 7) is 0. The lowest BCUT2D eigenvalue weighted by Gasteiger charge is -2.14. The van der Waals surface area contributed by atoms with Gasteiger partial charge >= 0.3 is 5.97 Å². The number of hydrogen-bond donors (Lipinski definition) is 1. The average Bonchev–Trinajstić information content (AvgIpc) is 3.00. The van der Waals surface area contributed by atoms with E-state index in [1.54, 1.807) is 0 Å². The quantitative estimate of drug-likeness (QED) is 0.800. The summed E-state index contributed by atoms with van der Waals surface area (Å²) in [6.07, 6.45) is 4.55. The minimum atomic E-state index is -0.682. The Morgan fingerprint density at radius 2 is 1.93 bits per heavy atom. The lowest BCUT2D eigenvalue weighted by atomic mass is 9.90. The van der Waals surface area contributed by atoms with Crippen molar-refractivity contribution in [3.63, 3.8) is 0 Å². The standard InChI is InChI=1S/C13H16O2/c14-12(15)7-4-8-13(9-10-13)11-5-2-1-3-6-11/h1-3,5-6H,4,7-10H2,(H,14,15). The monoisotopic (exact) mass is 204 g/mol. The molecule has 0 bridgehead atoms. The first kappa shape index (κ1) is 10.2. The minimum absolute atomic E-state index is 0.300. The highest BCUT2D eigenvalue weighted by molar-refractivity contribution is 5.66. The second kappa shape index (κ2) is 4.05. The summed E-state index contributed by atoms with van der Waals surface area (Å²) in [5.74, 6) is -0.682. The van der Waals surface area contributed by atoms with Crippen molar-refractivity contribution in [3.05, 3.63) is 35.9 Å². The highest BCUT2D eigenvalue weighted by atomic mass is 16.4. The largest absolute Gasteiger partial charge is 0.481 e. The van der Waals surface area contributed by atoms with Crippen LogP contribution in [0.3, 0.4) is 0 Å². The Balaban J connectivity index is 1.94. The Morgan fingerprint density at radius 1 is 1.27 bits per heavy atom. The molecule has 1 saturated carbocycles. The van der Waals surface area contributed by atoms with Crippen LogP contribution in [0.15, 0.2) is 30.3 Å². The summed E-state index contributed by atoms with van der Waals surface area (Å²) >= 11 is 0. The van der Waals surface area contributed by atoms with Gasteiger partial charge in [0.2, 0.25) is 0 Å². The zero-order chi connectivity index (χ0) is 10.7. The summed E-state index contributed by atoms with van der Waals surface area (Å²) in [5, 5.41) is 8.60. The van der Waals surface area contributed by atoms with E-state index < -0.39 is 5.97 Å². The highest BCUT2D eigenvalue weighted by Crippen LogP contribution is 2.51. The van der Waals surface area contributed by atoms with Crippen LogP contribution in [0.25, 0.3) is 0 Å². The van der Waals surface area contributed by atoms with Crippen LogP contribution in [0.5, 0.6) is 0 Å². The van der Waals surface area contributed by atoms with Gasteiger partial charge in [0.05, 0.1) is 0 Å². The van der Waals surface area contributed by atoms with E-state index in [1.165, 1.54) is 18.4 Å². The number of carbonyl (C=O) groups is 1. The first-order valence-corrected chi connectivity index (χ1v) is 5.50. The van der Waals surface area contributed by atoms with Crippen molar-refractivity contribution >= 4 is 5.97 Å². The minimum Gasteiger partial charge on any atom is -0.481 e. The van der Waals surface area contributed by atoms with Crippen molar-refractivity contribution in [3.8, 4) is 0 Å². The van der Waals surface area contributed by atoms with Crippen LogP contribution in [0.4, 0.5) is 0 Å². The molecule has 0 spiro atoms. The molecule has 1 N–H and O–H groups in total. The zero-order valence-corrected chi connectivity index (χ0v) is 8.78. The fourth-order valence-corrected chi connectivity index (χ4v) is 2.20. The summed E-state index contributed by atoms with van der Waals surface area (Å²) < 4.78 is 0. The molecule has 80 valence electrons. The van der Waals surface area contributed by atoms with Gasteiger partial charge in [-0.15, -0.1) is 0 Å². The third-order valence-corrected chi connectivity index (χ3v) is 3.29. The Kier molecular flexibility index (Phi) is 2.76. The van der Waals surface area contributed by atoms with Gasteiger partial charge in [0, 0.05) is 6.42 Å². The highest BCUT2D eigenvalue weighted by Gasteiger charge is 2.43. The maximum absolute atomic E-state index is 10.4. The third kappa shape index (κ3) is 2.38. The molecule has 0 aliphatic heterocycles. The molecule has 15 heavy (non-hydrogen) atoms. The van der Waals surface area contributed by atoms with Gasteiger partial charge in [0.1, 0.15) is 0 Å². The average molecular weight is 204 g/mol.